The number of morpholine rings is 2. The van der Waals surface area contributed by atoms with E-state index < -0.39 is 0 Å². The molecule has 0 unspecified atom stereocenters. The van der Waals surface area contributed by atoms with Crippen LogP contribution < -0.4 is 10.2 Å². The summed E-state index contributed by atoms with van der Waals surface area (Å²) < 4.78 is 26.0. The maximum absolute atomic E-state index is 14.6. The molecule has 0 radical (unpaired) electrons. The van der Waals surface area contributed by atoms with Crippen molar-refractivity contribution in [3.8, 4) is 0 Å². The molecule has 7 heteroatoms. The van der Waals surface area contributed by atoms with Crippen LogP contribution in [0, 0.1) is 5.82 Å². The van der Waals surface area contributed by atoms with Gasteiger partial charge in [0.05, 0.1) is 30.1 Å². The Balaban J connectivity index is 1.66. The number of rotatable bonds is 2. The van der Waals surface area contributed by atoms with E-state index in [1.807, 2.05) is 32.6 Å². The average molecular weight is 365 g/mol. The molecular formula is C19H28FN3O3. The van der Waals surface area contributed by atoms with Gasteiger partial charge < -0.3 is 24.6 Å². The van der Waals surface area contributed by atoms with Crippen LogP contribution in [0.3, 0.4) is 0 Å². The molecule has 2 amide bonds. The largest absolute Gasteiger partial charge is 0.372 e. The Bertz CT molecular complexity index is 637. The summed E-state index contributed by atoms with van der Waals surface area (Å²) >= 11 is 0. The zero-order chi connectivity index (χ0) is 18.8. The monoisotopic (exact) mass is 365 g/mol. The number of benzene rings is 1. The summed E-state index contributed by atoms with van der Waals surface area (Å²) in [6, 6.07) is 4.62. The molecule has 1 N–H and O–H groups in total. The first kappa shape index (κ1) is 18.9. The summed E-state index contributed by atoms with van der Waals surface area (Å²) in [7, 11) is 0. The van der Waals surface area contributed by atoms with Crippen LogP contribution in [0.1, 0.15) is 27.7 Å². The first-order chi connectivity index (χ1) is 12.3. The second-order valence-electron chi connectivity index (χ2n) is 7.42. The SMILES string of the molecule is C[C@@H]1CN(C(=O)Nc2ccc(N3C[C@H](C)O[C@@H](C)C3)c(F)c2)C[C@@H](C)O1. The van der Waals surface area contributed by atoms with Crippen LogP contribution >= 0.6 is 0 Å². The van der Waals surface area contributed by atoms with Crippen LogP contribution in [0.4, 0.5) is 20.6 Å². The van der Waals surface area contributed by atoms with Gasteiger partial charge >= 0.3 is 6.03 Å². The Morgan fingerprint density at radius 3 is 2.08 bits per heavy atom. The Kier molecular flexibility index (Phi) is 5.67. The van der Waals surface area contributed by atoms with Crippen LogP contribution in [0.25, 0.3) is 0 Å². The van der Waals surface area contributed by atoms with Crippen molar-refractivity contribution in [3.63, 3.8) is 0 Å². The molecular weight excluding hydrogens is 337 g/mol. The van der Waals surface area contributed by atoms with Crippen molar-refractivity contribution in [2.45, 2.75) is 52.1 Å². The first-order valence-electron chi connectivity index (χ1n) is 9.23. The van der Waals surface area contributed by atoms with Gasteiger partial charge in [0.1, 0.15) is 5.82 Å². The molecule has 1 aromatic carbocycles. The Morgan fingerprint density at radius 2 is 1.54 bits per heavy atom. The maximum Gasteiger partial charge on any atom is 0.322 e. The molecule has 2 aliphatic rings. The number of hydrogen-bond acceptors (Lipinski definition) is 4. The van der Waals surface area contributed by atoms with E-state index in [4.69, 9.17) is 9.47 Å². The fourth-order valence-electron chi connectivity index (χ4n) is 3.76. The zero-order valence-electron chi connectivity index (χ0n) is 15.9. The molecule has 1 aromatic rings. The predicted molar refractivity (Wildman–Crippen MR) is 99.2 cm³/mol. The minimum atomic E-state index is -0.340. The van der Waals surface area contributed by atoms with Gasteiger partial charge in [0.25, 0.3) is 0 Å². The van der Waals surface area contributed by atoms with Crippen LogP contribution in [-0.2, 0) is 9.47 Å². The number of halogens is 1. The lowest BCUT2D eigenvalue weighted by Crippen LogP contribution is -2.49. The lowest BCUT2D eigenvalue weighted by molar-refractivity contribution is -0.0530. The molecule has 2 aliphatic heterocycles. The number of nitrogens with one attached hydrogen (secondary N) is 1. The number of amides is 2. The predicted octanol–water partition coefficient (Wildman–Crippen LogP) is 3.08. The summed E-state index contributed by atoms with van der Waals surface area (Å²) in [6.07, 6.45) is 0.105. The van der Waals surface area contributed by atoms with E-state index in [1.165, 1.54) is 6.07 Å². The molecule has 3 rings (SSSR count). The van der Waals surface area contributed by atoms with Gasteiger partial charge in [-0.25, -0.2) is 9.18 Å². The molecule has 0 saturated carbocycles. The summed E-state index contributed by atoms with van der Waals surface area (Å²) in [5.74, 6) is -0.340. The standard InChI is InChI=1S/C19H28FN3O3/c1-12-8-22(9-13(2)25-12)18-6-5-16(7-17(18)20)21-19(24)23-10-14(3)26-15(4)11-23/h5-7,12-15H,8-11H2,1-4H3,(H,21,24)/t12-,13-,14+,15+/m0/s1. The molecule has 0 aliphatic carbocycles. The summed E-state index contributed by atoms with van der Waals surface area (Å²) in [5, 5.41) is 2.79. The van der Waals surface area contributed by atoms with E-state index >= 15 is 0 Å². The van der Waals surface area contributed by atoms with Gasteiger partial charge in [-0.05, 0) is 45.9 Å². The van der Waals surface area contributed by atoms with Crippen molar-refractivity contribution in [1.29, 1.82) is 0 Å². The third-order valence-electron chi connectivity index (χ3n) is 4.67. The minimum Gasteiger partial charge on any atom is -0.372 e. The van der Waals surface area contributed by atoms with Crippen LogP contribution in [0.2, 0.25) is 0 Å². The zero-order valence-corrected chi connectivity index (χ0v) is 15.9. The normalized spacial score (nSPS) is 29.6. The fourth-order valence-corrected chi connectivity index (χ4v) is 3.76. The van der Waals surface area contributed by atoms with Gasteiger partial charge in [-0.3, -0.25) is 0 Å². The molecule has 0 bridgehead atoms. The van der Waals surface area contributed by atoms with E-state index in [1.54, 1.807) is 17.0 Å². The minimum absolute atomic E-state index is 0.00564. The van der Waals surface area contributed by atoms with E-state index in [2.05, 4.69) is 5.32 Å². The summed E-state index contributed by atoms with van der Waals surface area (Å²) in [5.41, 5.74) is 0.996. The van der Waals surface area contributed by atoms with Gasteiger partial charge in [0, 0.05) is 31.9 Å². The van der Waals surface area contributed by atoms with E-state index in [0.717, 1.165) is 0 Å². The summed E-state index contributed by atoms with van der Waals surface area (Å²) in [4.78, 5) is 16.1. The van der Waals surface area contributed by atoms with Crippen molar-refractivity contribution in [2.75, 3.05) is 36.4 Å². The van der Waals surface area contributed by atoms with Crippen LogP contribution in [0.5, 0.6) is 0 Å². The highest BCUT2D eigenvalue weighted by Crippen LogP contribution is 2.26. The third-order valence-corrected chi connectivity index (χ3v) is 4.67. The smallest absolute Gasteiger partial charge is 0.322 e. The van der Waals surface area contributed by atoms with Crippen LogP contribution in [0.15, 0.2) is 18.2 Å². The fraction of sp³-hybridized carbons (Fsp3) is 0.632. The third kappa shape index (κ3) is 4.45. The van der Waals surface area contributed by atoms with Gasteiger partial charge in [0.2, 0.25) is 0 Å². The molecule has 2 heterocycles. The van der Waals surface area contributed by atoms with Gasteiger partial charge in [-0.2, -0.15) is 0 Å². The molecule has 0 aromatic heterocycles. The lowest BCUT2D eigenvalue weighted by Gasteiger charge is -2.37. The van der Waals surface area contributed by atoms with Gasteiger partial charge in [-0.1, -0.05) is 0 Å². The van der Waals surface area contributed by atoms with E-state index in [0.29, 0.717) is 37.6 Å². The molecule has 4 atom stereocenters. The van der Waals surface area contributed by atoms with Crippen molar-refractivity contribution in [3.05, 3.63) is 24.0 Å². The van der Waals surface area contributed by atoms with Crippen molar-refractivity contribution < 1.29 is 18.7 Å². The highest BCUT2D eigenvalue weighted by Gasteiger charge is 2.27. The second-order valence-corrected chi connectivity index (χ2v) is 7.42. The first-order valence-corrected chi connectivity index (χ1v) is 9.23. The van der Waals surface area contributed by atoms with E-state index in [9.17, 15) is 9.18 Å². The number of carbonyl (C=O) groups excluding carboxylic acids is 1. The Hall–Kier alpha value is -1.86. The van der Waals surface area contributed by atoms with Crippen molar-refractivity contribution >= 4 is 17.4 Å². The second kappa shape index (κ2) is 7.80. The summed E-state index contributed by atoms with van der Waals surface area (Å²) in [6.45, 7) is 10.2. The Morgan fingerprint density at radius 1 is 1.00 bits per heavy atom. The van der Waals surface area contributed by atoms with Gasteiger partial charge in [-0.15, -0.1) is 0 Å². The Labute approximate surface area is 154 Å². The lowest BCUT2D eigenvalue weighted by atomic mass is 10.2. The molecule has 0 spiro atoms. The van der Waals surface area contributed by atoms with E-state index in [-0.39, 0.29) is 36.3 Å². The number of carbonyl (C=O) groups is 1. The average Bonchev–Trinajstić information content (AvgIpc) is 2.53. The number of anilines is 2. The van der Waals surface area contributed by atoms with Gasteiger partial charge in [0.15, 0.2) is 0 Å². The highest BCUT2D eigenvalue weighted by atomic mass is 19.1. The number of urea groups is 1. The number of nitrogens with zero attached hydrogens (tertiary/aromatic N) is 2. The number of hydrogen-bond donors (Lipinski definition) is 1. The molecule has 144 valence electrons. The molecule has 6 nitrogen and oxygen atoms in total. The van der Waals surface area contributed by atoms with Crippen molar-refractivity contribution in [1.82, 2.24) is 4.90 Å². The quantitative estimate of drug-likeness (QED) is 0.875. The van der Waals surface area contributed by atoms with Crippen molar-refractivity contribution in [2.24, 2.45) is 0 Å². The topological polar surface area (TPSA) is 54.0 Å². The van der Waals surface area contributed by atoms with Crippen LogP contribution in [-0.4, -0.2) is 61.5 Å². The molecule has 26 heavy (non-hydrogen) atoms. The maximum atomic E-state index is 14.6. The molecule has 2 saturated heterocycles. The number of ether oxygens (including phenoxy) is 2. The molecule has 2 fully saturated rings. The highest BCUT2D eigenvalue weighted by molar-refractivity contribution is 5.89.